The van der Waals surface area contributed by atoms with E-state index in [2.05, 4.69) is 15.9 Å². The Hall–Kier alpha value is -3.60. The highest BCUT2D eigenvalue weighted by molar-refractivity contribution is 7.98. The molecule has 0 aliphatic heterocycles. The summed E-state index contributed by atoms with van der Waals surface area (Å²) in [6.07, 6.45) is 1.80. The van der Waals surface area contributed by atoms with Gasteiger partial charge in [0.2, 0.25) is 5.69 Å². The molecule has 10 heteroatoms. The van der Waals surface area contributed by atoms with Gasteiger partial charge in [0, 0.05) is 27.3 Å². The van der Waals surface area contributed by atoms with Crippen LogP contribution in [0, 0.1) is 17.9 Å². The monoisotopic (exact) mass is 559 g/mol. The number of nitriles is 1. The number of nitrogens with two attached hydrogens (primary N) is 1. The molecule has 38 heavy (non-hydrogen) atoms. The summed E-state index contributed by atoms with van der Waals surface area (Å²) in [6, 6.07) is 16.9. The summed E-state index contributed by atoms with van der Waals surface area (Å²) in [5.74, 6) is 1.18. The number of anilines is 1. The van der Waals surface area contributed by atoms with Gasteiger partial charge in [0.15, 0.2) is 0 Å². The maximum Gasteiger partial charge on any atom is 0.236 e. The van der Waals surface area contributed by atoms with Gasteiger partial charge in [-0.15, -0.1) is 11.3 Å². The molecule has 190 valence electrons. The van der Waals surface area contributed by atoms with Crippen molar-refractivity contribution in [3.8, 4) is 33.5 Å². The van der Waals surface area contributed by atoms with Gasteiger partial charge in [0.05, 0.1) is 23.9 Å². The molecule has 2 heterocycles. The molecule has 3 N–H and O–H groups in total. The number of rotatable bonds is 7. The molecule has 0 unspecified atom stereocenters. The number of aliphatic hydroxyl groups is 1. The summed E-state index contributed by atoms with van der Waals surface area (Å²) >= 11 is 8.88. The molecule has 0 bridgehead atoms. The molecule has 1 aliphatic carbocycles. The van der Waals surface area contributed by atoms with Crippen molar-refractivity contribution < 1.29 is 9.84 Å². The predicted molar refractivity (Wildman–Crippen MR) is 151 cm³/mol. The predicted octanol–water partition coefficient (Wildman–Crippen LogP) is 7.11. The highest BCUT2D eigenvalue weighted by Gasteiger charge is 2.27. The van der Waals surface area contributed by atoms with Gasteiger partial charge < -0.3 is 15.6 Å². The maximum atomic E-state index is 10.1. The van der Waals surface area contributed by atoms with Crippen LogP contribution in [0.2, 0.25) is 5.02 Å². The molecule has 0 amide bonds. The molecule has 0 spiro atoms. The zero-order chi connectivity index (χ0) is 26.6. The minimum absolute atomic E-state index is 0.0750. The van der Waals surface area contributed by atoms with Crippen molar-refractivity contribution in [2.75, 3.05) is 5.73 Å². The second-order valence-electron chi connectivity index (χ2n) is 8.74. The number of nitrogen functional groups attached to an aromatic ring is 1. The van der Waals surface area contributed by atoms with Crippen LogP contribution in [0.4, 0.5) is 11.5 Å². The number of thioether (sulfide) groups is 1. The van der Waals surface area contributed by atoms with Crippen molar-refractivity contribution in [1.29, 1.82) is 5.26 Å². The van der Waals surface area contributed by atoms with E-state index in [1.54, 1.807) is 24.3 Å². The first-order valence-electron chi connectivity index (χ1n) is 11.9. The zero-order valence-electron chi connectivity index (χ0n) is 20.1. The molecule has 7 nitrogen and oxygen atoms in total. The Morgan fingerprint density at radius 3 is 2.55 bits per heavy atom. The van der Waals surface area contributed by atoms with Crippen molar-refractivity contribution in [3.05, 3.63) is 81.6 Å². The van der Waals surface area contributed by atoms with Crippen molar-refractivity contribution in [1.82, 2.24) is 9.97 Å². The number of nitrogens with zero attached hydrogens (tertiary/aromatic N) is 4. The van der Waals surface area contributed by atoms with E-state index in [-0.39, 0.29) is 17.6 Å². The third-order valence-electron chi connectivity index (χ3n) is 6.24. The molecular formula is C28H22ClN5O2S2. The molecule has 2 atom stereocenters. The van der Waals surface area contributed by atoms with Crippen molar-refractivity contribution in [2.24, 2.45) is 0 Å². The van der Waals surface area contributed by atoms with Crippen LogP contribution < -0.4 is 10.5 Å². The lowest BCUT2D eigenvalue weighted by Crippen LogP contribution is -2.25. The number of halogens is 1. The Morgan fingerprint density at radius 2 is 1.89 bits per heavy atom. The lowest BCUT2D eigenvalue weighted by Gasteiger charge is -2.18. The van der Waals surface area contributed by atoms with Crippen LogP contribution in [0.1, 0.15) is 30.5 Å². The molecule has 2 aromatic carbocycles. The summed E-state index contributed by atoms with van der Waals surface area (Å²) in [5.41, 5.74) is 9.57. The van der Waals surface area contributed by atoms with E-state index < -0.39 is 6.10 Å². The highest BCUT2D eigenvalue weighted by atomic mass is 35.5. The first kappa shape index (κ1) is 26.0. The van der Waals surface area contributed by atoms with E-state index in [1.165, 1.54) is 23.1 Å². The number of thiazole rings is 1. The van der Waals surface area contributed by atoms with Gasteiger partial charge in [0.1, 0.15) is 33.8 Å². The minimum Gasteiger partial charge on any atom is -0.488 e. The fraction of sp³-hybridized carbons (Fsp3) is 0.214. The molecule has 1 saturated carbocycles. The third-order valence-corrected chi connectivity index (χ3v) is 8.44. The number of aromatic nitrogens is 2. The van der Waals surface area contributed by atoms with Gasteiger partial charge in [-0.05, 0) is 49.1 Å². The topological polar surface area (TPSA) is 109 Å². The fourth-order valence-corrected chi connectivity index (χ4v) is 6.28. The van der Waals surface area contributed by atoms with E-state index in [0.29, 0.717) is 38.2 Å². The van der Waals surface area contributed by atoms with Gasteiger partial charge in [-0.3, -0.25) is 0 Å². The SMILES string of the molecule is [C-]#[N+]c1c(N)nc(SCc2csc(-c3ccc(Cl)cc3)n2)c(C#N)c1-c1ccc(O[C@H]2CCC[C@@H]2O)cc1. The molecule has 1 fully saturated rings. The van der Waals surface area contributed by atoms with Gasteiger partial charge in [-0.25, -0.2) is 14.8 Å². The molecule has 4 aromatic rings. The Balaban J connectivity index is 1.40. The number of ether oxygens (including phenoxy) is 1. The molecule has 5 rings (SSSR count). The average molecular weight is 560 g/mol. The van der Waals surface area contributed by atoms with Crippen LogP contribution in [-0.4, -0.2) is 27.3 Å². The first-order valence-corrected chi connectivity index (χ1v) is 14.1. The standard InChI is InChI=1S/C28H22ClN5O2S2/c1-32-25-24(16-7-11-20(12-8-16)36-23-4-2-3-22(23)35)21(13-30)28(34-26(25)31)38-15-19-14-37-27(33-19)17-5-9-18(29)10-6-17/h5-12,14,22-23,35H,2-4,15H2,(H2,31,34)/t22-,23-/m0/s1. The van der Waals surface area contributed by atoms with Gasteiger partial charge >= 0.3 is 0 Å². The van der Waals surface area contributed by atoms with Crippen LogP contribution in [0.5, 0.6) is 5.75 Å². The summed E-state index contributed by atoms with van der Waals surface area (Å²) in [6.45, 7) is 7.68. The van der Waals surface area contributed by atoms with Crippen molar-refractivity contribution >= 4 is 46.2 Å². The summed E-state index contributed by atoms with van der Waals surface area (Å²) in [7, 11) is 0. The fourth-order valence-electron chi connectivity index (χ4n) is 4.33. The maximum absolute atomic E-state index is 10.1. The second-order valence-corrected chi connectivity index (χ2v) is 11.0. The molecular weight excluding hydrogens is 538 g/mol. The van der Waals surface area contributed by atoms with E-state index in [1.807, 2.05) is 29.6 Å². The molecule has 1 aliphatic rings. The average Bonchev–Trinajstić information content (AvgIpc) is 3.57. The summed E-state index contributed by atoms with van der Waals surface area (Å²) in [5, 5.41) is 24.1. The van der Waals surface area contributed by atoms with Crippen LogP contribution in [0.25, 0.3) is 26.5 Å². The highest BCUT2D eigenvalue weighted by Crippen LogP contribution is 2.42. The Labute approximate surface area is 233 Å². The first-order chi connectivity index (χ1) is 18.5. The third kappa shape index (κ3) is 5.47. The largest absolute Gasteiger partial charge is 0.488 e. The lowest BCUT2D eigenvalue weighted by molar-refractivity contribution is 0.0604. The second kappa shape index (κ2) is 11.4. The minimum atomic E-state index is -0.465. The summed E-state index contributed by atoms with van der Waals surface area (Å²) < 4.78 is 5.94. The van der Waals surface area contributed by atoms with Crippen LogP contribution in [0.3, 0.4) is 0 Å². The number of aliphatic hydroxyl groups excluding tert-OH is 1. The van der Waals surface area contributed by atoms with Gasteiger partial charge in [-0.2, -0.15) is 5.26 Å². The van der Waals surface area contributed by atoms with E-state index in [0.717, 1.165) is 35.5 Å². The quantitative estimate of drug-likeness (QED) is 0.183. The smallest absolute Gasteiger partial charge is 0.236 e. The van der Waals surface area contributed by atoms with Gasteiger partial charge in [-0.1, -0.05) is 47.6 Å². The van der Waals surface area contributed by atoms with E-state index >= 15 is 0 Å². The Kier molecular flexibility index (Phi) is 7.82. The lowest BCUT2D eigenvalue weighted by atomic mass is 10.00. The van der Waals surface area contributed by atoms with Gasteiger partial charge in [0.25, 0.3) is 0 Å². The van der Waals surface area contributed by atoms with Crippen molar-refractivity contribution in [3.63, 3.8) is 0 Å². The van der Waals surface area contributed by atoms with Crippen LogP contribution in [0.15, 0.2) is 58.9 Å². The van der Waals surface area contributed by atoms with Crippen LogP contribution in [-0.2, 0) is 5.75 Å². The summed E-state index contributed by atoms with van der Waals surface area (Å²) in [4.78, 5) is 12.7. The normalized spacial score (nSPS) is 16.6. The molecule has 2 aromatic heterocycles. The number of hydrogen-bond donors (Lipinski definition) is 2. The van der Waals surface area contributed by atoms with Crippen molar-refractivity contribution in [2.45, 2.75) is 42.2 Å². The van der Waals surface area contributed by atoms with E-state index in [9.17, 15) is 10.4 Å². The number of pyridine rings is 1. The van der Waals surface area contributed by atoms with E-state index in [4.69, 9.17) is 33.6 Å². The number of benzene rings is 2. The molecule has 0 radical (unpaired) electrons. The Bertz CT molecular complexity index is 1540. The molecule has 0 saturated heterocycles. The Morgan fingerprint density at radius 1 is 1.16 bits per heavy atom. The number of hydrogen-bond acceptors (Lipinski definition) is 8. The van der Waals surface area contributed by atoms with Crippen LogP contribution >= 0.6 is 34.7 Å². The zero-order valence-corrected chi connectivity index (χ0v) is 22.5.